The van der Waals surface area contributed by atoms with Crippen LogP contribution in [0.15, 0.2) is 6.20 Å². The fraction of sp³-hybridized carbons (Fsp3) is 0.667. The molecule has 0 unspecified atom stereocenters. The molecule has 0 bridgehead atoms. The van der Waals surface area contributed by atoms with Crippen molar-refractivity contribution in [1.29, 1.82) is 0 Å². The van der Waals surface area contributed by atoms with E-state index in [1.807, 2.05) is 0 Å². The highest BCUT2D eigenvalue weighted by Crippen LogP contribution is 2.05. The van der Waals surface area contributed by atoms with Crippen LogP contribution in [0.2, 0.25) is 0 Å². The Morgan fingerprint density at radius 3 is 2.83 bits per heavy atom. The minimum absolute atomic E-state index is 0.168. The summed E-state index contributed by atoms with van der Waals surface area (Å²) in [6.45, 7) is 6.05. The summed E-state index contributed by atoms with van der Waals surface area (Å²) in [5.41, 5.74) is 5.97. The van der Waals surface area contributed by atoms with Crippen LogP contribution in [0.5, 0.6) is 0 Å². The van der Waals surface area contributed by atoms with Crippen LogP contribution < -0.4 is 11.1 Å². The fourth-order valence-corrected chi connectivity index (χ4v) is 1.52. The molecule has 6 heteroatoms. The minimum Gasteiger partial charge on any atom is -0.383 e. The van der Waals surface area contributed by atoms with Crippen molar-refractivity contribution in [3.05, 3.63) is 11.8 Å². The SMILES string of the molecule is CC(C)N(C)CCCCNC(=O)c1cn[nH]c1N. The standard InChI is InChI=1S/C12H23N5O/c1-9(2)17(3)7-5-4-6-14-12(18)10-8-15-16-11(10)13/h8-9H,4-7H2,1-3H3,(H,14,18)(H3,13,15,16). The van der Waals surface area contributed by atoms with Gasteiger partial charge in [-0.25, -0.2) is 0 Å². The molecular weight excluding hydrogens is 230 g/mol. The van der Waals surface area contributed by atoms with Crippen LogP contribution in [0.3, 0.4) is 0 Å². The number of nitrogens with one attached hydrogen (secondary N) is 2. The smallest absolute Gasteiger partial charge is 0.256 e. The van der Waals surface area contributed by atoms with E-state index in [4.69, 9.17) is 5.73 Å². The summed E-state index contributed by atoms with van der Waals surface area (Å²) in [4.78, 5) is 14.0. The number of nitrogens with two attached hydrogens (primary N) is 1. The number of anilines is 1. The number of nitrogens with zero attached hydrogens (tertiary/aromatic N) is 2. The van der Waals surface area contributed by atoms with Gasteiger partial charge in [0.1, 0.15) is 11.4 Å². The second-order valence-corrected chi connectivity index (χ2v) is 4.73. The maximum atomic E-state index is 11.7. The molecule has 0 saturated heterocycles. The van der Waals surface area contributed by atoms with Crippen LogP contribution in [0.4, 0.5) is 5.82 Å². The van der Waals surface area contributed by atoms with Crippen molar-refractivity contribution >= 4 is 11.7 Å². The first-order chi connectivity index (χ1) is 8.52. The van der Waals surface area contributed by atoms with E-state index in [0.29, 0.717) is 24.0 Å². The fourth-order valence-electron chi connectivity index (χ4n) is 1.52. The van der Waals surface area contributed by atoms with Gasteiger partial charge in [-0.3, -0.25) is 9.89 Å². The zero-order valence-corrected chi connectivity index (χ0v) is 11.4. The molecule has 1 amide bonds. The van der Waals surface area contributed by atoms with Crippen LogP contribution in [0, 0.1) is 0 Å². The molecule has 1 aromatic rings. The van der Waals surface area contributed by atoms with Crippen LogP contribution >= 0.6 is 0 Å². The molecule has 1 aromatic heterocycles. The predicted octanol–water partition coefficient (Wildman–Crippen LogP) is 0.842. The lowest BCUT2D eigenvalue weighted by molar-refractivity contribution is 0.0953. The van der Waals surface area contributed by atoms with Gasteiger partial charge < -0.3 is 16.0 Å². The Morgan fingerprint density at radius 1 is 1.56 bits per heavy atom. The van der Waals surface area contributed by atoms with Crippen molar-refractivity contribution in [2.24, 2.45) is 0 Å². The van der Waals surface area contributed by atoms with E-state index >= 15 is 0 Å². The van der Waals surface area contributed by atoms with Gasteiger partial charge in [0.2, 0.25) is 0 Å². The molecule has 1 heterocycles. The van der Waals surface area contributed by atoms with Gasteiger partial charge in [-0.15, -0.1) is 0 Å². The molecule has 102 valence electrons. The molecule has 0 aliphatic carbocycles. The van der Waals surface area contributed by atoms with E-state index in [9.17, 15) is 4.79 Å². The second kappa shape index (κ2) is 7.00. The van der Waals surface area contributed by atoms with Crippen molar-refractivity contribution in [1.82, 2.24) is 20.4 Å². The van der Waals surface area contributed by atoms with E-state index in [-0.39, 0.29) is 5.91 Å². The number of unbranched alkanes of at least 4 members (excludes halogenated alkanes) is 1. The van der Waals surface area contributed by atoms with Crippen LogP contribution in [-0.2, 0) is 0 Å². The third-order valence-electron chi connectivity index (χ3n) is 3.02. The maximum absolute atomic E-state index is 11.7. The highest BCUT2D eigenvalue weighted by Gasteiger charge is 2.10. The molecular formula is C12H23N5O. The molecule has 6 nitrogen and oxygen atoms in total. The van der Waals surface area contributed by atoms with Gasteiger partial charge in [-0.1, -0.05) is 0 Å². The van der Waals surface area contributed by atoms with E-state index in [1.54, 1.807) is 0 Å². The number of H-pyrrole nitrogens is 1. The number of amides is 1. The van der Waals surface area contributed by atoms with Crippen molar-refractivity contribution in [2.75, 3.05) is 25.9 Å². The summed E-state index contributed by atoms with van der Waals surface area (Å²) in [7, 11) is 2.11. The number of aromatic amines is 1. The Kier molecular flexibility index (Phi) is 5.64. The number of nitrogen functional groups attached to an aromatic ring is 1. The van der Waals surface area contributed by atoms with Gasteiger partial charge in [0.25, 0.3) is 5.91 Å². The highest BCUT2D eigenvalue weighted by molar-refractivity contribution is 5.97. The van der Waals surface area contributed by atoms with Crippen LogP contribution in [0.25, 0.3) is 0 Å². The first kappa shape index (κ1) is 14.5. The van der Waals surface area contributed by atoms with Gasteiger partial charge in [-0.2, -0.15) is 5.10 Å². The molecule has 0 spiro atoms. The largest absolute Gasteiger partial charge is 0.383 e. The predicted molar refractivity (Wildman–Crippen MR) is 72.3 cm³/mol. The third kappa shape index (κ3) is 4.37. The Bertz CT molecular complexity index is 374. The number of aromatic nitrogens is 2. The molecule has 0 aliphatic rings. The summed E-state index contributed by atoms with van der Waals surface area (Å²) in [5, 5.41) is 9.08. The van der Waals surface area contributed by atoms with Crippen molar-refractivity contribution in [3.8, 4) is 0 Å². The second-order valence-electron chi connectivity index (χ2n) is 4.73. The van der Waals surface area contributed by atoms with Crippen molar-refractivity contribution in [2.45, 2.75) is 32.7 Å². The van der Waals surface area contributed by atoms with E-state index in [0.717, 1.165) is 19.4 Å². The zero-order valence-electron chi connectivity index (χ0n) is 11.4. The summed E-state index contributed by atoms with van der Waals surface area (Å²) in [6, 6.07) is 0.560. The first-order valence-electron chi connectivity index (χ1n) is 6.29. The van der Waals surface area contributed by atoms with Gasteiger partial charge >= 0.3 is 0 Å². The van der Waals surface area contributed by atoms with Gasteiger partial charge in [0, 0.05) is 12.6 Å². The Hall–Kier alpha value is -1.56. The van der Waals surface area contributed by atoms with E-state index in [2.05, 4.69) is 41.3 Å². The molecule has 1 rings (SSSR count). The lowest BCUT2D eigenvalue weighted by Crippen LogP contribution is -2.29. The number of carbonyl (C=O) groups excluding carboxylic acids is 1. The minimum atomic E-state index is -0.168. The zero-order chi connectivity index (χ0) is 13.5. The summed E-state index contributed by atoms with van der Waals surface area (Å²) in [5.74, 6) is 0.144. The van der Waals surface area contributed by atoms with Gasteiger partial charge in [0.15, 0.2) is 0 Å². The molecule has 18 heavy (non-hydrogen) atoms. The molecule has 0 aliphatic heterocycles. The molecule has 0 saturated carbocycles. The Balaban J connectivity index is 2.15. The van der Waals surface area contributed by atoms with Crippen molar-refractivity contribution in [3.63, 3.8) is 0 Å². The topological polar surface area (TPSA) is 87.0 Å². The number of carbonyl (C=O) groups is 1. The van der Waals surface area contributed by atoms with Crippen molar-refractivity contribution < 1.29 is 4.79 Å². The third-order valence-corrected chi connectivity index (χ3v) is 3.02. The average Bonchev–Trinajstić information content (AvgIpc) is 2.74. The number of hydrogen-bond donors (Lipinski definition) is 3. The molecule has 0 radical (unpaired) electrons. The number of hydrogen-bond acceptors (Lipinski definition) is 4. The Morgan fingerprint density at radius 2 is 2.28 bits per heavy atom. The lowest BCUT2D eigenvalue weighted by atomic mass is 10.2. The maximum Gasteiger partial charge on any atom is 0.256 e. The number of rotatable bonds is 7. The molecule has 0 aromatic carbocycles. The lowest BCUT2D eigenvalue weighted by Gasteiger charge is -2.20. The Labute approximate surface area is 108 Å². The average molecular weight is 253 g/mol. The summed E-state index contributed by atoms with van der Waals surface area (Å²) < 4.78 is 0. The van der Waals surface area contributed by atoms with Gasteiger partial charge in [0.05, 0.1) is 6.20 Å². The van der Waals surface area contributed by atoms with E-state index in [1.165, 1.54) is 6.20 Å². The summed E-state index contributed by atoms with van der Waals surface area (Å²) in [6.07, 6.45) is 3.47. The van der Waals surface area contributed by atoms with Gasteiger partial charge in [-0.05, 0) is 40.3 Å². The van der Waals surface area contributed by atoms with E-state index < -0.39 is 0 Å². The molecule has 0 fully saturated rings. The molecule has 0 atom stereocenters. The van der Waals surface area contributed by atoms with Crippen LogP contribution in [0.1, 0.15) is 37.0 Å². The quantitative estimate of drug-likeness (QED) is 0.628. The normalized spacial score (nSPS) is 11.2. The monoisotopic (exact) mass is 253 g/mol. The molecule has 4 N–H and O–H groups in total. The highest BCUT2D eigenvalue weighted by atomic mass is 16.1. The van der Waals surface area contributed by atoms with Crippen LogP contribution in [-0.4, -0.2) is 47.2 Å². The summed E-state index contributed by atoms with van der Waals surface area (Å²) >= 11 is 0. The first-order valence-corrected chi connectivity index (χ1v) is 6.29.